The number of non-ortho nitro benzene ring substituents is 1. The minimum Gasteiger partial charge on any atom is -0.495 e. The first-order valence-corrected chi connectivity index (χ1v) is 8.66. The summed E-state index contributed by atoms with van der Waals surface area (Å²) in [6, 6.07) is 1.10. The van der Waals surface area contributed by atoms with Crippen LogP contribution in [0.4, 0.5) is 10.5 Å². The lowest BCUT2D eigenvalue weighted by molar-refractivity contribution is -0.384. The molecule has 0 radical (unpaired) electrons. The summed E-state index contributed by atoms with van der Waals surface area (Å²) in [5.41, 5.74) is 3.63. The van der Waals surface area contributed by atoms with Crippen molar-refractivity contribution in [3.05, 3.63) is 33.4 Å². The van der Waals surface area contributed by atoms with E-state index in [1.54, 1.807) is 20.8 Å². The third-order valence-electron chi connectivity index (χ3n) is 4.20. The first-order valence-electron chi connectivity index (χ1n) is 8.66. The van der Waals surface area contributed by atoms with Crippen LogP contribution >= 0.6 is 0 Å². The fourth-order valence-electron chi connectivity index (χ4n) is 3.06. The molecule has 1 aromatic carbocycles. The summed E-state index contributed by atoms with van der Waals surface area (Å²) in [5.74, 6) is -1.70. The lowest BCUT2D eigenvalue weighted by Crippen LogP contribution is -2.43. The number of Topliss-reactive ketones (excluding diaryl/α,β-unsaturated/α-hetero) is 1. The van der Waals surface area contributed by atoms with E-state index in [2.05, 4.69) is 0 Å². The number of nitrogens with two attached hydrogens (primary N) is 1. The summed E-state index contributed by atoms with van der Waals surface area (Å²) in [5, 5.41) is 11.2. The standard InChI is InChI=1S/C18H23N3O7/c1-18(2,3)28-17(24)20-7-5-6-13(20)14(22)11-8-10(21(25)26)9-12(16(19)23)15(11)27-4/h8-9,13H,5-7H2,1-4H3,(H2,19,23)/t13-/m0/s1. The Morgan fingerprint density at radius 2 is 1.86 bits per heavy atom. The van der Waals surface area contributed by atoms with Gasteiger partial charge in [0.1, 0.15) is 11.4 Å². The smallest absolute Gasteiger partial charge is 0.410 e. The number of carbonyl (C=O) groups excluding carboxylic acids is 3. The van der Waals surface area contributed by atoms with Gasteiger partial charge in [0.15, 0.2) is 5.78 Å². The van der Waals surface area contributed by atoms with Crippen molar-refractivity contribution in [2.75, 3.05) is 13.7 Å². The highest BCUT2D eigenvalue weighted by Gasteiger charge is 2.39. The van der Waals surface area contributed by atoms with Gasteiger partial charge >= 0.3 is 6.09 Å². The molecule has 0 bridgehead atoms. The Morgan fingerprint density at radius 3 is 2.36 bits per heavy atom. The Labute approximate surface area is 161 Å². The number of carbonyl (C=O) groups is 3. The van der Waals surface area contributed by atoms with Gasteiger partial charge in [0.2, 0.25) is 0 Å². The fourth-order valence-corrected chi connectivity index (χ4v) is 3.06. The van der Waals surface area contributed by atoms with Crippen LogP contribution in [0, 0.1) is 10.1 Å². The highest BCUT2D eigenvalue weighted by molar-refractivity contribution is 6.08. The van der Waals surface area contributed by atoms with E-state index in [9.17, 15) is 24.5 Å². The Kier molecular flexibility index (Phi) is 5.91. The van der Waals surface area contributed by atoms with Gasteiger partial charge in [-0.1, -0.05) is 0 Å². The highest BCUT2D eigenvalue weighted by Crippen LogP contribution is 2.33. The van der Waals surface area contributed by atoms with Crippen molar-refractivity contribution in [3.63, 3.8) is 0 Å². The molecule has 0 spiro atoms. The molecular weight excluding hydrogens is 370 g/mol. The summed E-state index contributed by atoms with van der Waals surface area (Å²) in [6.45, 7) is 5.44. The number of hydrogen-bond donors (Lipinski definition) is 1. The van der Waals surface area contributed by atoms with Crippen LogP contribution in [0.5, 0.6) is 5.75 Å². The predicted molar refractivity (Wildman–Crippen MR) is 98.5 cm³/mol. The van der Waals surface area contributed by atoms with Crippen LogP contribution in [0.25, 0.3) is 0 Å². The van der Waals surface area contributed by atoms with Crippen LogP contribution in [-0.4, -0.2) is 52.9 Å². The Bertz CT molecular complexity index is 829. The molecule has 1 aromatic rings. The van der Waals surface area contributed by atoms with E-state index in [0.29, 0.717) is 19.4 Å². The average molecular weight is 393 g/mol. The highest BCUT2D eigenvalue weighted by atomic mass is 16.6. The van der Waals surface area contributed by atoms with Gasteiger partial charge in [-0.05, 0) is 33.6 Å². The molecule has 0 aromatic heterocycles. The number of methoxy groups -OCH3 is 1. The number of hydrogen-bond acceptors (Lipinski definition) is 7. The third kappa shape index (κ3) is 4.38. The molecule has 1 aliphatic heterocycles. The zero-order valence-corrected chi connectivity index (χ0v) is 16.2. The average Bonchev–Trinajstić information content (AvgIpc) is 3.08. The summed E-state index contributed by atoms with van der Waals surface area (Å²) in [4.78, 5) is 49.1. The molecule has 1 atom stereocenters. The fraction of sp³-hybridized carbons (Fsp3) is 0.500. The van der Waals surface area contributed by atoms with Gasteiger partial charge in [0.05, 0.1) is 29.2 Å². The number of likely N-dealkylation sites (tertiary alicyclic amines) is 1. The van der Waals surface area contributed by atoms with Gasteiger partial charge in [0.25, 0.3) is 11.6 Å². The second kappa shape index (κ2) is 7.83. The first-order chi connectivity index (χ1) is 13.0. The first kappa shape index (κ1) is 21.1. The lowest BCUT2D eigenvalue weighted by Gasteiger charge is -2.28. The Hall–Kier alpha value is -3.17. The molecule has 1 heterocycles. The van der Waals surface area contributed by atoms with E-state index in [0.717, 1.165) is 12.1 Å². The molecule has 0 saturated carbocycles. The molecule has 10 heteroatoms. The zero-order valence-electron chi connectivity index (χ0n) is 16.2. The van der Waals surface area contributed by atoms with Crippen molar-refractivity contribution in [2.45, 2.75) is 45.3 Å². The van der Waals surface area contributed by atoms with Crippen molar-refractivity contribution in [2.24, 2.45) is 5.73 Å². The number of benzene rings is 1. The van der Waals surface area contributed by atoms with Crippen LogP contribution < -0.4 is 10.5 Å². The quantitative estimate of drug-likeness (QED) is 0.459. The molecule has 2 amide bonds. The minimum atomic E-state index is -0.968. The second-order valence-corrected chi connectivity index (χ2v) is 7.39. The number of nitro benzene ring substituents is 1. The summed E-state index contributed by atoms with van der Waals surface area (Å²) in [6.07, 6.45) is 0.272. The SMILES string of the molecule is COc1c(C(N)=O)cc([N+](=O)[O-])cc1C(=O)[C@@H]1CCCN1C(=O)OC(C)(C)C. The zero-order chi connectivity index (χ0) is 21.2. The monoisotopic (exact) mass is 393 g/mol. The van der Waals surface area contributed by atoms with E-state index < -0.39 is 40.0 Å². The molecule has 2 N–H and O–H groups in total. The molecule has 1 saturated heterocycles. The molecule has 0 unspecified atom stereocenters. The van der Waals surface area contributed by atoms with E-state index in [4.69, 9.17) is 15.2 Å². The minimum absolute atomic E-state index is 0.154. The van der Waals surface area contributed by atoms with Crippen LogP contribution in [0.3, 0.4) is 0 Å². The number of ketones is 1. The van der Waals surface area contributed by atoms with Crippen molar-refractivity contribution in [1.82, 2.24) is 4.90 Å². The van der Waals surface area contributed by atoms with Crippen LogP contribution in [0.2, 0.25) is 0 Å². The number of nitrogens with zero attached hydrogens (tertiary/aromatic N) is 2. The normalized spacial score (nSPS) is 16.6. The van der Waals surface area contributed by atoms with E-state index in [1.165, 1.54) is 12.0 Å². The lowest BCUT2D eigenvalue weighted by atomic mass is 9.97. The van der Waals surface area contributed by atoms with Crippen molar-refractivity contribution >= 4 is 23.5 Å². The topological polar surface area (TPSA) is 142 Å². The molecule has 0 aliphatic carbocycles. The molecule has 28 heavy (non-hydrogen) atoms. The molecule has 1 aliphatic rings. The van der Waals surface area contributed by atoms with Crippen molar-refractivity contribution in [3.8, 4) is 5.75 Å². The number of primary amides is 1. The largest absolute Gasteiger partial charge is 0.495 e. The molecule has 152 valence electrons. The predicted octanol–water partition coefficient (Wildman–Crippen LogP) is 2.28. The van der Waals surface area contributed by atoms with Gasteiger partial charge in [-0.25, -0.2) is 4.79 Å². The summed E-state index contributed by atoms with van der Waals surface area (Å²) < 4.78 is 10.5. The maximum atomic E-state index is 13.2. The van der Waals surface area contributed by atoms with Crippen molar-refractivity contribution < 1.29 is 28.8 Å². The molecule has 2 rings (SSSR count). The van der Waals surface area contributed by atoms with Crippen molar-refractivity contribution in [1.29, 1.82) is 0 Å². The van der Waals surface area contributed by atoms with Gasteiger partial charge in [-0.2, -0.15) is 0 Å². The third-order valence-corrected chi connectivity index (χ3v) is 4.20. The number of nitro groups is 1. The second-order valence-electron chi connectivity index (χ2n) is 7.39. The number of ether oxygens (including phenoxy) is 2. The summed E-state index contributed by atoms with van der Waals surface area (Å²) >= 11 is 0. The van der Waals surface area contributed by atoms with Crippen LogP contribution in [0.15, 0.2) is 12.1 Å². The van der Waals surface area contributed by atoms with E-state index in [1.807, 2.05) is 0 Å². The van der Waals surface area contributed by atoms with Gasteiger partial charge in [-0.3, -0.25) is 24.6 Å². The summed E-state index contributed by atoms with van der Waals surface area (Å²) in [7, 11) is 1.23. The Morgan fingerprint density at radius 1 is 1.25 bits per heavy atom. The van der Waals surface area contributed by atoms with Crippen LogP contribution in [0.1, 0.15) is 54.3 Å². The Balaban J connectivity index is 2.48. The number of rotatable bonds is 5. The van der Waals surface area contributed by atoms with Gasteiger partial charge in [-0.15, -0.1) is 0 Å². The molecule has 1 fully saturated rings. The number of amides is 2. The molecule has 10 nitrogen and oxygen atoms in total. The maximum Gasteiger partial charge on any atom is 0.410 e. The van der Waals surface area contributed by atoms with E-state index in [-0.39, 0.29) is 16.9 Å². The van der Waals surface area contributed by atoms with Crippen LogP contribution in [-0.2, 0) is 4.74 Å². The molecular formula is C18H23N3O7. The van der Waals surface area contributed by atoms with Gasteiger partial charge in [0, 0.05) is 18.7 Å². The van der Waals surface area contributed by atoms with E-state index >= 15 is 0 Å². The maximum absolute atomic E-state index is 13.2. The van der Waals surface area contributed by atoms with Gasteiger partial charge < -0.3 is 15.2 Å².